The number of aromatic nitrogens is 1. The smallest absolute Gasteiger partial charge is 0.337 e. The number of ether oxygens (including phenoxy) is 1. The van der Waals surface area contributed by atoms with Crippen LogP contribution >= 0.6 is 11.3 Å². The first-order chi connectivity index (χ1) is 13.8. The first kappa shape index (κ1) is 20.5. The summed E-state index contributed by atoms with van der Waals surface area (Å²) in [5.74, 6) is -0.852. The highest BCUT2D eigenvalue weighted by molar-refractivity contribution is 7.90. The minimum atomic E-state index is -3.26. The van der Waals surface area contributed by atoms with Crippen molar-refractivity contribution in [1.82, 2.24) is 4.98 Å². The summed E-state index contributed by atoms with van der Waals surface area (Å²) in [6, 6.07) is 12.5. The molecule has 2 aromatic carbocycles. The van der Waals surface area contributed by atoms with Gasteiger partial charge in [-0.25, -0.2) is 18.2 Å². The molecule has 0 atom stereocenters. The lowest BCUT2D eigenvalue weighted by molar-refractivity contribution is 0.0600. The van der Waals surface area contributed by atoms with Gasteiger partial charge in [-0.15, -0.1) is 11.3 Å². The molecule has 29 heavy (non-hydrogen) atoms. The molecule has 0 aliphatic rings. The third-order valence-corrected chi connectivity index (χ3v) is 5.72. The quantitative estimate of drug-likeness (QED) is 0.575. The summed E-state index contributed by atoms with van der Waals surface area (Å²) in [7, 11) is -1.96. The average molecular weight is 431 g/mol. The van der Waals surface area contributed by atoms with Crippen molar-refractivity contribution in [3.63, 3.8) is 0 Å². The molecule has 0 aliphatic heterocycles. The Balaban J connectivity index is 1.64. The minimum Gasteiger partial charge on any atom is -0.465 e. The summed E-state index contributed by atoms with van der Waals surface area (Å²) in [6.45, 7) is 0. The van der Waals surface area contributed by atoms with Crippen LogP contribution in [0.4, 0.5) is 16.5 Å². The van der Waals surface area contributed by atoms with Crippen molar-refractivity contribution in [2.45, 2.75) is 4.90 Å². The molecule has 0 saturated heterocycles. The van der Waals surface area contributed by atoms with E-state index in [0.717, 1.165) is 6.26 Å². The maximum atomic E-state index is 12.4. The Labute approximate surface area is 171 Å². The van der Waals surface area contributed by atoms with Crippen LogP contribution in [0.1, 0.15) is 20.8 Å². The van der Waals surface area contributed by atoms with E-state index in [9.17, 15) is 18.0 Å². The Morgan fingerprint density at radius 3 is 2.21 bits per heavy atom. The molecule has 0 spiro atoms. The second-order valence-electron chi connectivity index (χ2n) is 5.98. The molecule has 10 heteroatoms. The number of thiazole rings is 1. The van der Waals surface area contributed by atoms with Crippen molar-refractivity contribution < 1.29 is 22.7 Å². The van der Waals surface area contributed by atoms with Crippen LogP contribution in [0, 0.1) is 0 Å². The molecule has 1 amide bonds. The lowest BCUT2D eigenvalue weighted by Gasteiger charge is -2.05. The van der Waals surface area contributed by atoms with E-state index >= 15 is 0 Å². The Kier molecular flexibility index (Phi) is 5.95. The van der Waals surface area contributed by atoms with Crippen molar-refractivity contribution in [2.24, 2.45) is 0 Å². The number of methoxy groups -OCH3 is 1. The van der Waals surface area contributed by atoms with Crippen molar-refractivity contribution in [2.75, 3.05) is 24.0 Å². The van der Waals surface area contributed by atoms with Crippen LogP contribution in [0.15, 0.2) is 58.8 Å². The zero-order valence-electron chi connectivity index (χ0n) is 15.5. The fourth-order valence-corrected chi connectivity index (χ4v) is 3.69. The molecule has 3 aromatic rings. The molecule has 0 aliphatic carbocycles. The normalized spacial score (nSPS) is 11.0. The molecule has 150 valence electrons. The van der Waals surface area contributed by atoms with Crippen LogP contribution < -0.4 is 10.6 Å². The molecular weight excluding hydrogens is 414 g/mol. The van der Waals surface area contributed by atoms with Crippen LogP contribution in [0.3, 0.4) is 0 Å². The van der Waals surface area contributed by atoms with Crippen LogP contribution in [-0.4, -0.2) is 38.6 Å². The molecule has 0 unspecified atom stereocenters. The maximum absolute atomic E-state index is 12.4. The minimum absolute atomic E-state index is 0.223. The Bertz CT molecular complexity index is 1140. The van der Waals surface area contributed by atoms with E-state index in [0.29, 0.717) is 22.1 Å². The van der Waals surface area contributed by atoms with Gasteiger partial charge in [0.05, 0.1) is 17.6 Å². The molecule has 8 nitrogen and oxygen atoms in total. The number of anilines is 3. The lowest BCUT2D eigenvalue weighted by Crippen LogP contribution is -2.12. The van der Waals surface area contributed by atoms with E-state index in [2.05, 4.69) is 20.4 Å². The zero-order chi connectivity index (χ0) is 21.0. The number of amides is 1. The fraction of sp³-hybridized carbons (Fsp3) is 0.105. The van der Waals surface area contributed by atoms with E-state index in [-0.39, 0.29) is 10.6 Å². The number of nitrogens with one attached hydrogen (secondary N) is 2. The van der Waals surface area contributed by atoms with E-state index in [1.54, 1.807) is 41.8 Å². The third-order valence-electron chi connectivity index (χ3n) is 3.83. The van der Waals surface area contributed by atoms with Gasteiger partial charge in [-0.05, 0) is 48.5 Å². The number of esters is 1. The number of nitrogens with zero attached hydrogens (tertiary/aromatic N) is 1. The molecule has 0 bridgehead atoms. The second-order valence-corrected chi connectivity index (χ2v) is 8.86. The number of carbonyl (C=O) groups is 2. The average Bonchev–Trinajstić information content (AvgIpc) is 3.16. The van der Waals surface area contributed by atoms with Gasteiger partial charge in [0.25, 0.3) is 5.91 Å². The molecule has 1 heterocycles. The molecule has 0 radical (unpaired) electrons. The Morgan fingerprint density at radius 2 is 1.62 bits per heavy atom. The number of benzene rings is 2. The van der Waals surface area contributed by atoms with Crippen molar-refractivity contribution in [1.29, 1.82) is 0 Å². The monoisotopic (exact) mass is 431 g/mol. The highest BCUT2D eigenvalue weighted by Crippen LogP contribution is 2.23. The number of carbonyl (C=O) groups excluding carboxylic acids is 2. The van der Waals surface area contributed by atoms with Crippen LogP contribution in [0.2, 0.25) is 0 Å². The largest absolute Gasteiger partial charge is 0.465 e. The van der Waals surface area contributed by atoms with Gasteiger partial charge in [0.15, 0.2) is 15.0 Å². The highest BCUT2D eigenvalue weighted by atomic mass is 32.2. The maximum Gasteiger partial charge on any atom is 0.337 e. The predicted octanol–water partition coefficient (Wildman–Crippen LogP) is 3.33. The fourth-order valence-electron chi connectivity index (χ4n) is 2.35. The summed E-state index contributed by atoms with van der Waals surface area (Å²) in [6.07, 6.45) is 1.14. The molecule has 2 N–H and O–H groups in total. The Hall–Kier alpha value is -3.24. The van der Waals surface area contributed by atoms with Gasteiger partial charge in [0.2, 0.25) is 0 Å². The first-order valence-electron chi connectivity index (χ1n) is 8.28. The standard InChI is InChI=1S/C19H17N3O5S2/c1-27-18(24)12-3-5-13(6-4-12)20-17(23)16-11-28-19(22-16)21-14-7-9-15(10-8-14)29(2,25)26/h3-11H,1-2H3,(H,20,23)(H,21,22). The van der Waals surface area contributed by atoms with E-state index in [4.69, 9.17) is 0 Å². The predicted molar refractivity (Wildman–Crippen MR) is 111 cm³/mol. The number of sulfone groups is 1. The summed E-state index contributed by atoms with van der Waals surface area (Å²) >= 11 is 1.24. The number of hydrogen-bond donors (Lipinski definition) is 2. The number of hydrogen-bond acceptors (Lipinski definition) is 8. The summed E-state index contributed by atoms with van der Waals surface area (Å²) in [5, 5.41) is 7.82. The van der Waals surface area contributed by atoms with Gasteiger partial charge in [0, 0.05) is 23.0 Å². The van der Waals surface area contributed by atoms with Crippen LogP contribution in [0.5, 0.6) is 0 Å². The topological polar surface area (TPSA) is 114 Å². The summed E-state index contributed by atoms with van der Waals surface area (Å²) in [5.41, 5.74) is 1.77. The highest BCUT2D eigenvalue weighted by Gasteiger charge is 2.13. The summed E-state index contributed by atoms with van der Waals surface area (Å²) < 4.78 is 27.6. The van der Waals surface area contributed by atoms with Gasteiger partial charge < -0.3 is 15.4 Å². The molecule has 1 aromatic heterocycles. The third kappa shape index (κ3) is 5.18. The van der Waals surface area contributed by atoms with Crippen LogP contribution in [0.25, 0.3) is 0 Å². The second kappa shape index (κ2) is 8.41. The zero-order valence-corrected chi connectivity index (χ0v) is 17.1. The van der Waals surface area contributed by atoms with Crippen molar-refractivity contribution in [3.8, 4) is 0 Å². The lowest BCUT2D eigenvalue weighted by atomic mass is 10.2. The van der Waals surface area contributed by atoms with Crippen molar-refractivity contribution in [3.05, 3.63) is 65.2 Å². The SMILES string of the molecule is COC(=O)c1ccc(NC(=O)c2csc(Nc3ccc(S(C)(=O)=O)cc3)n2)cc1. The van der Waals surface area contributed by atoms with Gasteiger partial charge in [0.1, 0.15) is 5.69 Å². The Morgan fingerprint density at radius 1 is 1.00 bits per heavy atom. The molecule has 3 rings (SSSR count). The van der Waals surface area contributed by atoms with Gasteiger partial charge in [-0.2, -0.15) is 0 Å². The van der Waals surface area contributed by atoms with E-state index < -0.39 is 21.7 Å². The van der Waals surface area contributed by atoms with Gasteiger partial charge in [-0.3, -0.25) is 4.79 Å². The van der Waals surface area contributed by atoms with Crippen molar-refractivity contribution >= 4 is 49.6 Å². The van der Waals surface area contributed by atoms with Gasteiger partial charge in [-0.1, -0.05) is 0 Å². The van der Waals surface area contributed by atoms with Gasteiger partial charge >= 0.3 is 5.97 Å². The number of rotatable bonds is 6. The summed E-state index contributed by atoms with van der Waals surface area (Å²) in [4.78, 5) is 28.2. The molecule has 0 fully saturated rings. The van der Waals surface area contributed by atoms with E-state index in [1.807, 2.05) is 0 Å². The first-order valence-corrected chi connectivity index (χ1v) is 11.1. The van der Waals surface area contributed by atoms with E-state index in [1.165, 1.54) is 30.6 Å². The molecular formula is C19H17N3O5S2. The van der Waals surface area contributed by atoms with Crippen LogP contribution in [-0.2, 0) is 14.6 Å². The molecule has 0 saturated carbocycles.